The van der Waals surface area contributed by atoms with Crippen LogP contribution in [0.15, 0.2) is 60.2 Å². The third-order valence-electron chi connectivity index (χ3n) is 2.84. The number of benzene rings is 2. The van der Waals surface area contributed by atoms with Gasteiger partial charge in [0.25, 0.3) is 5.91 Å². The molecule has 0 bridgehead atoms. The van der Waals surface area contributed by atoms with Crippen LogP contribution in [0.4, 0.5) is 0 Å². The molecule has 0 unspecified atom stereocenters. The van der Waals surface area contributed by atoms with E-state index in [2.05, 4.69) is 17.1 Å². The van der Waals surface area contributed by atoms with E-state index in [1.54, 1.807) is 48.5 Å². The Hall–Kier alpha value is -2.30. The van der Waals surface area contributed by atoms with Crippen molar-refractivity contribution in [1.82, 2.24) is 5.43 Å². The Bertz CT molecular complexity index is 708. The number of carbonyl (C=O) groups is 1. The van der Waals surface area contributed by atoms with E-state index in [1.165, 1.54) is 6.21 Å². The molecule has 2 rings (SSSR count). The maximum absolute atomic E-state index is 12.0. The number of ether oxygens (including phenoxy) is 1. The first-order chi connectivity index (χ1) is 11.1. The summed E-state index contributed by atoms with van der Waals surface area (Å²) in [5, 5.41) is 4.79. The van der Waals surface area contributed by atoms with Crippen LogP contribution in [0, 0.1) is 0 Å². The van der Waals surface area contributed by atoms with E-state index in [0.29, 0.717) is 33.5 Å². The fourth-order valence-electron chi connectivity index (χ4n) is 1.71. The van der Waals surface area contributed by atoms with Gasteiger partial charge in [0.05, 0.1) is 16.3 Å². The van der Waals surface area contributed by atoms with Gasteiger partial charge < -0.3 is 4.74 Å². The van der Waals surface area contributed by atoms with Gasteiger partial charge in [-0.15, -0.1) is 0 Å². The van der Waals surface area contributed by atoms with Crippen LogP contribution in [0.2, 0.25) is 10.0 Å². The molecule has 0 radical (unpaired) electrons. The molecule has 0 saturated carbocycles. The Kier molecular flexibility index (Phi) is 6.20. The van der Waals surface area contributed by atoms with Crippen molar-refractivity contribution in [3.63, 3.8) is 0 Å². The number of hydrazone groups is 1. The van der Waals surface area contributed by atoms with Crippen LogP contribution in [0.5, 0.6) is 5.75 Å². The minimum Gasteiger partial charge on any atom is -0.490 e. The lowest BCUT2D eigenvalue weighted by Gasteiger charge is -2.04. The molecule has 4 nitrogen and oxygen atoms in total. The molecule has 0 aromatic heterocycles. The Morgan fingerprint density at radius 1 is 1.17 bits per heavy atom. The average Bonchev–Trinajstić information content (AvgIpc) is 2.56. The average molecular weight is 349 g/mol. The molecule has 0 aliphatic heterocycles. The molecule has 0 heterocycles. The van der Waals surface area contributed by atoms with Crippen LogP contribution < -0.4 is 10.2 Å². The second-order valence-electron chi connectivity index (χ2n) is 4.46. The lowest BCUT2D eigenvalue weighted by Crippen LogP contribution is -2.17. The zero-order valence-corrected chi connectivity index (χ0v) is 13.6. The van der Waals surface area contributed by atoms with Crippen molar-refractivity contribution in [3.05, 3.63) is 76.3 Å². The molecule has 0 aliphatic carbocycles. The first-order valence-electron chi connectivity index (χ1n) is 6.73. The molecule has 2 aromatic rings. The van der Waals surface area contributed by atoms with Crippen LogP contribution in [0.25, 0.3) is 0 Å². The molecular formula is C17H14Cl2N2O2. The zero-order chi connectivity index (χ0) is 16.7. The number of rotatable bonds is 6. The normalized spacial score (nSPS) is 10.5. The second kappa shape index (κ2) is 8.36. The van der Waals surface area contributed by atoms with Gasteiger partial charge in [0, 0.05) is 11.1 Å². The number of nitrogens with zero attached hydrogens (tertiary/aromatic N) is 1. The predicted octanol–water partition coefficient (Wildman–Crippen LogP) is 4.32. The maximum Gasteiger partial charge on any atom is 0.271 e. The summed E-state index contributed by atoms with van der Waals surface area (Å²) in [5.41, 5.74) is 3.42. The third kappa shape index (κ3) is 4.84. The second-order valence-corrected chi connectivity index (χ2v) is 5.27. The minimum absolute atomic E-state index is 0.348. The van der Waals surface area contributed by atoms with Crippen molar-refractivity contribution in [2.45, 2.75) is 0 Å². The third-order valence-corrected chi connectivity index (χ3v) is 3.50. The summed E-state index contributed by atoms with van der Waals surface area (Å²) in [6.45, 7) is 3.98. The van der Waals surface area contributed by atoms with E-state index in [0.717, 1.165) is 0 Å². The zero-order valence-electron chi connectivity index (χ0n) is 12.1. The van der Waals surface area contributed by atoms with Crippen molar-refractivity contribution in [2.24, 2.45) is 5.10 Å². The van der Waals surface area contributed by atoms with Crippen LogP contribution in [0.3, 0.4) is 0 Å². The molecule has 1 amide bonds. The Balaban J connectivity index is 1.99. The Morgan fingerprint density at radius 3 is 2.43 bits per heavy atom. The van der Waals surface area contributed by atoms with Crippen LogP contribution in [-0.4, -0.2) is 18.7 Å². The van der Waals surface area contributed by atoms with E-state index >= 15 is 0 Å². The van der Waals surface area contributed by atoms with E-state index in [-0.39, 0.29) is 5.91 Å². The van der Waals surface area contributed by atoms with Crippen LogP contribution in [0.1, 0.15) is 15.9 Å². The standard InChI is InChI=1S/C17H14Cl2N2O2/c1-2-10-23-13-8-6-12(7-9-13)17(22)21-20-11-14-15(18)4-3-5-16(14)19/h2-9,11H,1,10H2,(H,21,22)/b20-11+. The Morgan fingerprint density at radius 2 is 1.83 bits per heavy atom. The molecule has 0 atom stereocenters. The highest BCUT2D eigenvalue weighted by atomic mass is 35.5. The van der Waals surface area contributed by atoms with Gasteiger partial charge in [-0.25, -0.2) is 5.43 Å². The molecule has 1 N–H and O–H groups in total. The lowest BCUT2D eigenvalue weighted by molar-refractivity contribution is 0.0955. The molecule has 0 saturated heterocycles. The van der Waals surface area contributed by atoms with Gasteiger partial charge in [-0.05, 0) is 36.4 Å². The number of nitrogens with one attached hydrogen (secondary N) is 1. The van der Waals surface area contributed by atoms with Crippen molar-refractivity contribution < 1.29 is 9.53 Å². The van der Waals surface area contributed by atoms with Crippen molar-refractivity contribution in [1.29, 1.82) is 0 Å². The van der Waals surface area contributed by atoms with Crippen molar-refractivity contribution >= 4 is 35.3 Å². The predicted molar refractivity (Wildman–Crippen MR) is 93.7 cm³/mol. The van der Waals surface area contributed by atoms with Crippen molar-refractivity contribution in [3.8, 4) is 5.75 Å². The van der Waals surface area contributed by atoms with Gasteiger partial charge >= 0.3 is 0 Å². The molecule has 0 spiro atoms. The maximum atomic E-state index is 12.0. The number of halogens is 2. The summed E-state index contributed by atoms with van der Waals surface area (Å²) in [6, 6.07) is 11.8. The topological polar surface area (TPSA) is 50.7 Å². The monoisotopic (exact) mass is 348 g/mol. The fraction of sp³-hybridized carbons (Fsp3) is 0.0588. The highest BCUT2D eigenvalue weighted by Crippen LogP contribution is 2.22. The number of amides is 1. The molecule has 118 valence electrons. The number of carbonyl (C=O) groups excluding carboxylic acids is 1. The van der Waals surface area contributed by atoms with Crippen molar-refractivity contribution in [2.75, 3.05) is 6.61 Å². The number of hydrogen-bond donors (Lipinski definition) is 1. The summed E-state index contributed by atoms with van der Waals surface area (Å²) in [4.78, 5) is 12.0. The van der Waals surface area contributed by atoms with E-state index in [1.807, 2.05) is 0 Å². The number of hydrogen-bond acceptors (Lipinski definition) is 3. The summed E-state index contributed by atoms with van der Waals surface area (Å²) in [6.07, 6.45) is 3.05. The smallest absolute Gasteiger partial charge is 0.271 e. The summed E-state index contributed by atoms with van der Waals surface area (Å²) in [7, 11) is 0. The first kappa shape index (κ1) is 17.1. The first-order valence-corrected chi connectivity index (χ1v) is 7.48. The highest BCUT2D eigenvalue weighted by Gasteiger charge is 2.05. The SMILES string of the molecule is C=CCOc1ccc(C(=O)N/N=C/c2c(Cl)cccc2Cl)cc1. The van der Waals surface area contributed by atoms with Gasteiger partial charge in [0.15, 0.2) is 0 Å². The molecule has 6 heteroatoms. The van der Waals surface area contributed by atoms with Gasteiger partial charge in [-0.2, -0.15) is 5.10 Å². The molecule has 0 aliphatic rings. The fourth-order valence-corrected chi connectivity index (χ4v) is 2.21. The largest absolute Gasteiger partial charge is 0.490 e. The van der Waals surface area contributed by atoms with E-state index in [9.17, 15) is 4.79 Å². The summed E-state index contributed by atoms with van der Waals surface area (Å²) < 4.78 is 5.35. The Labute approximate surface area is 144 Å². The van der Waals surface area contributed by atoms with E-state index < -0.39 is 0 Å². The lowest BCUT2D eigenvalue weighted by atomic mass is 10.2. The molecule has 2 aromatic carbocycles. The summed E-state index contributed by atoms with van der Waals surface area (Å²) >= 11 is 12.0. The van der Waals surface area contributed by atoms with Gasteiger partial charge in [-0.1, -0.05) is 41.9 Å². The quantitative estimate of drug-likeness (QED) is 0.480. The molecule has 0 fully saturated rings. The minimum atomic E-state index is -0.348. The summed E-state index contributed by atoms with van der Waals surface area (Å²) in [5.74, 6) is 0.312. The van der Waals surface area contributed by atoms with Gasteiger partial charge in [-0.3, -0.25) is 4.79 Å². The van der Waals surface area contributed by atoms with Crippen LogP contribution in [-0.2, 0) is 0 Å². The van der Waals surface area contributed by atoms with Crippen LogP contribution >= 0.6 is 23.2 Å². The van der Waals surface area contributed by atoms with Gasteiger partial charge in [0.2, 0.25) is 0 Å². The highest BCUT2D eigenvalue weighted by molar-refractivity contribution is 6.38. The van der Waals surface area contributed by atoms with E-state index in [4.69, 9.17) is 27.9 Å². The molecule has 23 heavy (non-hydrogen) atoms. The van der Waals surface area contributed by atoms with Gasteiger partial charge in [0.1, 0.15) is 12.4 Å². The molecular weight excluding hydrogens is 335 g/mol.